The number of hydrogen-bond acceptors (Lipinski definition) is 5. The molecule has 108 valence electrons. The monoisotopic (exact) mass is 305 g/mol. The lowest BCUT2D eigenvalue weighted by Gasteiger charge is -2.04. The molecule has 0 bridgehead atoms. The number of hydrogen-bond donors (Lipinski definition) is 2. The molecule has 0 spiro atoms. The highest BCUT2D eigenvalue weighted by Crippen LogP contribution is 2.18. The summed E-state index contributed by atoms with van der Waals surface area (Å²) in [5.41, 5.74) is 1.81. The molecule has 0 saturated carbocycles. The van der Waals surface area contributed by atoms with E-state index in [0.29, 0.717) is 28.5 Å². The Balaban J connectivity index is 2.07. The lowest BCUT2D eigenvalue weighted by Crippen LogP contribution is -2.17. The summed E-state index contributed by atoms with van der Waals surface area (Å²) in [5.74, 6) is -0.242. The minimum absolute atomic E-state index is 0.111. The van der Waals surface area contributed by atoms with E-state index in [4.69, 9.17) is 11.6 Å². The van der Waals surface area contributed by atoms with Crippen molar-refractivity contribution in [3.63, 3.8) is 0 Å². The summed E-state index contributed by atoms with van der Waals surface area (Å²) in [7, 11) is 0. The number of tetrazole rings is 1. The Morgan fingerprint density at radius 3 is 3.05 bits per heavy atom. The van der Waals surface area contributed by atoms with Gasteiger partial charge in [-0.1, -0.05) is 30.0 Å². The van der Waals surface area contributed by atoms with Gasteiger partial charge in [0.1, 0.15) is 11.3 Å². The van der Waals surface area contributed by atoms with Gasteiger partial charge in [0.15, 0.2) is 0 Å². The zero-order chi connectivity index (χ0) is 14.8. The molecule has 3 rings (SSSR count). The van der Waals surface area contributed by atoms with Gasteiger partial charge in [-0.15, -0.1) is 5.10 Å². The van der Waals surface area contributed by atoms with E-state index in [1.165, 1.54) is 0 Å². The van der Waals surface area contributed by atoms with Gasteiger partial charge in [0, 0.05) is 6.20 Å². The van der Waals surface area contributed by atoms with Gasteiger partial charge < -0.3 is 0 Å². The molecule has 3 heterocycles. The van der Waals surface area contributed by atoms with Crippen molar-refractivity contribution in [2.75, 3.05) is 5.32 Å². The number of rotatable bonds is 4. The maximum Gasteiger partial charge on any atom is 0.277 e. The Hall–Kier alpha value is -2.48. The number of carbonyl (C=O) groups is 1. The molecule has 0 aliphatic carbocycles. The number of imidazole rings is 1. The van der Waals surface area contributed by atoms with Crippen LogP contribution in [0.1, 0.15) is 29.5 Å². The summed E-state index contributed by atoms with van der Waals surface area (Å²) in [6.45, 7) is 2.03. The molecule has 9 heteroatoms. The smallest absolute Gasteiger partial charge is 0.277 e. The van der Waals surface area contributed by atoms with Crippen LogP contribution in [0, 0.1) is 0 Å². The normalized spacial score (nSPS) is 11.0. The number of carbonyl (C=O) groups excluding carboxylic acids is 1. The second-order valence-corrected chi connectivity index (χ2v) is 4.86. The van der Waals surface area contributed by atoms with E-state index in [1.54, 1.807) is 22.7 Å². The molecule has 3 aromatic rings. The quantitative estimate of drug-likeness (QED) is 0.764. The van der Waals surface area contributed by atoms with Crippen LogP contribution in [-0.4, -0.2) is 35.9 Å². The van der Waals surface area contributed by atoms with Gasteiger partial charge in [0.05, 0.1) is 10.7 Å². The fraction of sp³-hybridized carbons (Fsp3) is 0.250. The van der Waals surface area contributed by atoms with E-state index in [1.807, 2.05) is 6.92 Å². The van der Waals surface area contributed by atoms with Crippen LogP contribution in [0.25, 0.3) is 5.65 Å². The molecule has 0 unspecified atom stereocenters. The van der Waals surface area contributed by atoms with Crippen LogP contribution in [0.5, 0.6) is 0 Å². The molecule has 1 amide bonds. The topological polar surface area (TPSA) is 101 Å². The minimum atomic E-state index is -0.352. The van der Waals surface area contributed by atoms with Crippen LogP contribution in [0.4, 0.5) is 5.95 Å². The second kappa shape index (κ2) is 5.49. The Kier molecular flexibility index (Phi) is 3.53. The number of aromatic nitrogens is 6. The maximum absolute atomic E-state index is 12.5. The van der Waals surface area contributed by atoms with Crippen LogP contribution < -0.4 is 5.32 Å². The molecule has 21 heavy (non-hydrogen) atoms. The zero-order valence-electron chi connectivity index (χ0n) is 11.2. The van der Waals surface area contributed by atoms with Crippen molar-refractivity contribution < 1.29 is 4.79 Å². The molecule has 8 nitrogen and oxygen atoms in total. The van der Waals surface area contributed by atoms with Gasteiger partial charge in [-0.3, -0.25) is 14.5 Å². The molecule has 0 aromatic carbocycles. The Bertz CT molecular complexity index is 780. The average Bonchev–Trinajstić information content (AvgIpc) is 3.06. The van der Waals surface area contributed by atoms with Crippen molar-refractivity contribution in [3.8, 4) is 0 Å². The summed E-state index contributed by atoms with van der Waals surface area (Å²) in [6.07, 6.45) is 3.22. The standard InChI is InChI=1S/C12H12ClN7O/c1-2-3-8-10(11(21)15-12-16-18-19-17-12)20-6-7(13)4-5-9(20)14-8/h4-6H,2-3H2,1H3,(H2,15,16,17,18,19,21). The van der Waals surface area contributed by atoms with Crippen molar-refractivity contribution in [2.24, 2.45) is 0 Å². The molecular formula is C12H12ClN7O. The predicted octanol–water partition coefficient (Wildman–Crippen LogP) is 1.71. The highest BCUT2D eigenvalue weighted by molar-refractivity contribution is 6.30. The van der Waals surface area contributed by atoms with Crippen molar-refractivity contribution in [3.05, 3.63) is 34.7 Å². The summed E-state index contributed by atoms with van der Waals surface area (Å²) < 4.78 is 1.67. The number of nitrogens with zero attached hydrogens (tertiary/aromatic N) is 5. The van der Waals surface area contributed by atoms with Gasteiger partial charge in [0.25, 0.3) is 11.9 Å². The number of halogens is 1. The van der Waals surface area contributed by atoms with Crippen molar-refractivity contribution in [1.82, 2.24) is 30.0 Å². The average molecular weight is 306 g/mol. The fourth-order valence-electron chi connectivity index (χ4n) is 2.09. The number of nitrogens with one attached hydrogen (secondary N) is 2. The maximum atomic E-state index is 12.5. The van der Waals surface area contributed by atoms with Gasteiger partial charge in [-0.2, -0.15) is 5.21 Å². The lowest BCUT2D eigenvalue weighted by molar-refractivity contribution is 0.101. The van der Waals surface area contributed by atoms with E-state index in [-0.39, 0.29) is 11.9 Å². The van der Waals surface area contributed by atoms with E-state index in [9.17, 15) is 4.79 Å². The first kappa shape index (κ1) is 13.5. The van der Waals surface area contributed by atoms with Crippen molar-refractivity contribution in [2.45, 2.75) is 19.8 Å². The minimum Gasteiger partial charge on any atom is -0.294 e. The Labute approximate surface area is 124 Å². The van der Waals surface area contributed by atoms with Crippen LogP contribution >= 0.6 is 11.6 Å². The molecule has 2 N–H and O–H groups in total. The van der Waals surface area contributed by atoms with E-state index < -0.39 is 0 Å². The summed E-state index contributed by atoms with van der Waals surface area (Å²) in [6, 6.07) is 3.51. The number of fused-ring (bicyclic) bond motifs is 1. The molecule has 0 saturated heterocycles. The largest absolute Gasteiger partial charge is 0.294 e. The molecule has 0 aliphatic rings. The van der Waals surface area contributed by atoms with E-state index >= 15 is 0 Å². The third-order valence-corrected chi connectivity index (χ3v) is 3.15. The number of aromatic amines is 1. The lowest BCUT2D eigenvalue weighted by atomic mass is 10.2. The van der Waals surface area contributed by atoms with Crippen molar-refractivity contribution in [1.29, 1.82) is 0 Å². The van der Waals surface area contributed by atoms with Crippen LogP contribution in [0.2, 0.25) is 5.02 Å². The van der Waals surface area contributed by atoms with Gasteiger partial charge in [-0.05, 0) is 23.8 Å². The first-order chi connectivity index (χ1) is 10.2. The summed E-state index contributed by atoms with van der Waals surface area (Å²) >= 11 is 6.00. The highest BCUT2D eigenvalue weighted by Gasteiger charge is 2.20. The Morgan fingerprint density at radius 1 is 1.48 bits per heavy atom. The third-order valence-electron chi connectivity index (χ3n) is 2.93. The Morgan fingerprint density at radius 2 is 2.33 bits per heavy atom. The number of aryl methyl sites for hydroxylation is 1. The molecule has 0 aliphatic heterocycles. The summed E-state index contributed by atoms with van der Waals surface area (Å²) in [4.78, 5) is 16.9. The second-order valence-electron chi connectivity index (χ2n) is 4.42. The van der Waals surface area contributed by atoms with Gasteiger partial charge in [0.2, 0.25) is 0 Å². The third kappa shape index (κ3) is 2.57. The van der Waals surface area contributed by atoms with Gasteiger partial charge >= 0.3 is 0 Å². The first-order valence-electron chi connectivity index (χ1n) is 6.40. The van der Waals surface area contributed by atoms with Crippen LogP contribution in [-0.2, 0) is 6.42 Å². The summed E-state index contributed by atoms with van der Waals surface area (Å²) in [5, 5.41) is 16.2. The molecule has 3 aromatic heterocycles. The molecular weight excluding hydrogens is 294 g/mol. The van der Waals surface area contributed by atoms with E-state index in [0.717, 1.165) is 6.42 Å². The highest BCUT2D eigenvalue weighted by atomic mass is 35.5. The van der Waals surface area contributed by atoms with E-state index in [2.05, 4.69) is 30.9 Å². The first-order valence-corrected chi connectivity index (χ1v) is 6.78. The number of anilines is 1. The predicted molar refractivity (Wildman–Crippen MR) is 76.3 cm³/mol. The van der Waals surface area contributed by atoms with Crippen LogP contribution in [0.15, 0.2) is 18.3 Å². The number of H-pyrrole nitrogens is 1. The van der Waals surface area contributed by atoms with Crippen LogP contribution in [0.3, 0.4) is 0 Å². The molecule has 0 radical (unpaired) electrons. The molecule has 0 fully saturated rings. The SMILES string of the molecule is CCCc1nc2ccc(Cl)cn2c1C(=O)Nc1nn[nH]n1. The van der Waals surface area contributed by atoms with Gasteiger partial charge in [-0.25, -0.2) is 4.98 Å². The van der Waals surface area contributed by atoms with Crippen molar-refractivity contribution >= 4 is 29.1 Å². The zero-order valence-corrected chi connectivity index (χ0v) is 11.9. The molecule has 0 atom stereocenters. The fourth-order valence-corrected chi connectivity index (χ4v) is 2.26. The number of amides is 1. The number of pyridine rings is 1.